The molecule has 0 unspecified atom stereocenters. The third-order valence-corrected chi connectivity index (χ3v) is 5.30. The summed E-state index contributed by atoms with van der Waals surface area (Å²) < 4.78 is 2.15. The lowest BCUT2D eigenvalue weighted by molar-refractivity contribution is -0.121. The van der Waals surface area contributed by atoms with Crippen LogP contribution in [0.15, 0.2) is 5.38 Å². The number of hydrogen-bond acceptors (Lipinski definition) is 5. The molecule has 0 spiro atoms. The summed E-state index contributed by atoms with van der Waals surface area (Å²) in [7, 11) is 0. The number of carbonyl (C=O) groups excluding carboxylic acids is 1. The molecule has 1 aliphatic heterocycles. The number of aromatic nitrogens is 4. The van der Waals surface area contributed by atoms with Gasteiger partial charge in [0.05, 0.1) is 17.1 Å². The highest BCUT2D eigenvalue weighted by Gasteiger charge is 2.23. The first-order valence-corrected chi connectivity index (χ1v) is 9.09. The van der Waals surface area contributed by atoms with Crippen molar-refractivity contribution < 1.29 is 4.79 Å². The van der Waals surface area contributed by atoms with Gasteiger partial charge in [-0.3, -0.25) is 4.79 Å². The number of nitrogens with zero attached hydrogens (tertiary/aromatic N) is 4. The number of carbonyl (C=O) groups is 1. The lowest BCUT2D eigenvalue weighted by atomic mass is 10.1. The predicted octanol–water partition coefficient (Wildman–Crippen LogP) is 2.09. The topological polar surface area (TPSA) is 72.7 Å². The molecule has 1 N–H and O–H groups in total. The summed E-state index contributed by atoms with van der Waals surface area (Å²) in [6.45, 7) is 7.08. The highest BCUT2D eigenvalue weighted by molar-refractivity contribution is 7.09. The fourth-order valence-electron chi connectivity index (χ4n) is 2.87. The molecule has 2 aromatic rings. The number of thiazole rings is 1. The van der Waals surface area contributed by atoms with Crippen molar-refractivity contribution in [3.05, 3.63) is 27.7 Å². The van der Waals surface area contributed by atoms with Crippen LogP contribution in [0, 0.1) is 0 Å². The predicted molar refractivity (Wildman–Crippen MR) is 89.6 cm³/mol. The lowest BCUT2D eigenvalue weighted by Gasteiger charge is -2.25. The molecule has 1 aliphatic rings. The number of amides is 1. The fourth-order valence-corrected chi connectivity index (χ4v) is 3.71. The number of rotatable bonds is 5. The summed E-state index contributed by atoms with van der Waals surface area (Å²) in [4.78, 5) is 16.8. The van der Waals surface area contributed by atoms with E-state index >= 15 is 0 Å². The van der Waals surface area contributed by atoms with Crippen LogP contribution < -0.4 is 5.32 Å². The molecule has 1 amide bonds. The van der Waals surface area contributed by atoms with Crippen molar-refractivity contribution in [3.63, 3.8) is 0 Å². The van der Waals surface area contributed by atoms with E-state index in [1.165, 1.54) is 0 Å². The van der Waals surface area contributed by atoms with Gasteiger partial charge in [-0.05, 0) is 6.42 Å². The molecule has 2 aromatic heterocycles. The van der Waals surface area contributed by atoms with E-state index in [1.807, 2.05) is 5.38 Å². The largest absolute Gasteiger partial charge is 0.351 e. The molecular formula is C16H23N5OS. The Morgan fingerprint density at radius 2 is 2.30 bits per heavy atom. The van der Waals surface area contributed by atoms with Crippen LogP contribution in [0.3, 0.4) is 0 Å². The quantitative estimate of drug-likeness (QED) is 0.909. The van der Waals surface area contributed by atoms with E-state index in [1.54, 1.807) is 11.3 Å². The zero-order chi connectivity index (χ0) is 16.4. The van der Waals surface area contributed by atoms with E-state index in [2.05, 4.69) is 45.8 Å². The van der Waals surface area contributed by atoms with Crippen molar-refractivity contribution in [1.82, 2.24) is 25.1 Å². The Labute approximate surface area is 140 Å². The van der Waals surface area contributed by atoms with Crippen molar-refractivity contribution in [1.29, 1.82) is 0 Å². The van der Waals surface area contributed by atoms with Crippen LogP contribution in [-0.2, 0) is 30.6 Å². The number of aryl methyl sites for hydroxylation is 2. The lowest BCUT2D eigenvalue weighted by Crippen LogP contribution is -2.42. The number of fused-ring (bicyclic) bond motifs is 1. The average Bonchev–Trinajstić information content (AvgIpc) is 3.13. The first-order valence-electron chi connectivity index (χ1n) is 8.21. The van der Waals surface area contributed by atoms with Gasteiger partial charge in [-0.1, -0.05) is 20.8 Å². The normalized spacial score (nSPS) is 17.3. The Bertz CT molecular complexity index is 677. The molecule has 0 saturated heterocycles. The Hall–Kier alpha value is -1.76. The molecule has 0 bridgehead atoms. The van der Waals surface area contributed by atoms with Gasteiger partial charge in [0, 0.05) is 36.7 Å². The van der Waals surface area contributed by atoms with Crippen LogP contribution >= 0.6 is 11.3 Å². The van der Waals surface area contributed by atoms with Gasteiger partial charge in [0.25, 0.3) is 0 Å². The maximum atomic E-state index is 12.3. The Kier molecular flexibility index (Phi) is 4.75. The Morgan fingerprint density at radius 1 is 1.48 bits per heavy atom. The molecule has 0 fully saturated rings. The molecule has 7 heteroatoms. The van der Waals surface area contributed by atoms with E-state index in [0.29, 0.717) is 12.3 Å². The van der Waals surface area contributed by atoms with Crippen LogP contribution in [-0.4, -0.2) is 31.7 Å². The summed E-state index contributed by atoms with van der Waals surface area (Å²) in [6.07, 6.45) is 3.01. The third-order valence-electron chi connectivity index (χ3n) is 4.11. The van der Waals surface area contributed by atoms with Crippen LogP contribution in [0.5, 0.6) is 0 Å². The first kappa shape index (κ1) is 16.1. The van der Waals surface area contributed by atoms with Crippen molar-refractivity contribution in [3.8, 4) is 0 Å². The van der Waals surface area contributed by atoms with Crippen LogP contribution in [0.2, 0.25) is 0 Å². The van der Waals surface area contributed by atoms with Gasteiger partial charge >= 0.3 is 0 Å². The smallest absolute Gasteiger partial charge is 0.226 e. The van der Waals surface area contributed by atoms with Gasteiger partial charge in [-0.2, -0.15) is 0 Å². The standard InChI is InChI=1S/C16H23N5OS/c1-4-13-19-20-14-6-5-11(8-21(13)14)17-15(22)7-12-9-23-16(18-12)10(2)3/h9-11H,4-8H2,1-3H3,(H,17,22)/t11-/m0/s1. The van der Waals surface area contributed by atoms with Crippen molar-refractivity contribution in [2.24, 2.45) is 0 Å². The van der Waals surface area contributed by atoms with Crippen LogP contribution in [0.1, 0.15) is 55.5 Å². The van der Waals surface area contributed by atoms with Gasteiger partial charge in [-0.15, -0.1) is 21.5 Å². The first-order chi connectivity index (χ1) is 11.1. The molecular weight excluding hydrogens is 310 g/mol. The van der Waals surface area contributed by atoms with E-state index in [9.17, 15) is 4.79 Å². The maximum Gasteiger partial charge on any atom is 0.226 e. The maximum absolute atomic E-state index is 12.3. The second-order valence-electron chi connectivity index (χ2n) is 6.31. The second-order valence-corrected chi connectivity index (χ2v) is 7.20. The summed E-state index contributed by atoms with van der Waals surface area (Å²) in [6, 6.07) is 0.152. The van der Waals surface area contributed by atoms with Gasteiger partial charge in [0.1, 0.15) is 11.6 Å². The highest BCUT2D eigenvalue weighted by atomic mass is 32.1. The number of hydrogen-bond donors (Lipinski definition) is 1. The minimum absolute atomic E-state index is 0.0465. The van der Waals surface area contributed by atoms with Crippen LogP contribution in [0.25, 0.3) is 0 Å². The molecule has 0 saturated carbocycles. The SMILES string of the molecule is CCc1nnc2n1C[C@@H](NC(=O)Cc1csc(C(C)C)n1)CC2. The molecule has 3 heterocycles. The van der Waals surface area contributed by atoms with Gasteiger partial charge < -0.3 is 9.88 Å². The summed E-state index contributed by atoms with van der Waals surface area (Å²) in [5.41, 5.74) is 0.867. The van der Waals surface area contributed by atoms with Crippen molar-refractivity contribution in [2.45, 2.75) is 65.0 Å². The van der Waals surface area contributed by atoms with E-state index < -0.39 is 0 Å². The molecule has 124 valence electrons. The van der Waals surface area contributed by atoms with Crippen LogP contribution in [0.4, 0.5) is 0 Å². The molecule has 0 aliphatic carbocycles. The minimum Gasteiger partial charge on any atom is -0.351 e. The van der Waals surface area contributed by atoms with Crippen molar-refractivity contribution in [2.75, 3.05) is 0 Å². The van der Waals surface area contributed by atoms with E-state index in [0.717, 1.165) is 48.2 Å². The van der Waals surface area contributed by atoms with Crippen molar-refractivity contribution >= 4 is 17.2 Å². The molecule has 6 nitrogen and oxygen atoms in total. The molecule has 1 atom stereocenters. The number of nitrogens with one attached hydrogen (secondary N) is 1. The third kappa shape index (κ3) is 3.60. The molecule has 23 heavy (non-hydrogen) atoms. The zero-order valence-electron chi connectivity index (χ0n) is 13.9. The zero-order valence-corrected chi connectivity index (χ0v) is 14.7. The van der Waals surface area contributed by atoms with E-state index in [-0.39, 0.29) is 11.9 Å². The van der Waals surface area contributed by atoms with Gasteiger partial charge in [0.15, 0.2) is 0 Å². The molecule has 0 aromatic carbocycles. The minimum atomic E-state index is 0.0465. The average molecular weight is 333 g/mol. The fraction of sp³-hybridized carbons (Fsp3) is 0.625. The molecule has 0 radical (unpaired) electrons. The highest BCUT2D eigenvalue weighted by Crippen LogP contribution is 2.20. The Morgan fingerprint density at radius 3 is 3.00 bits per heavy atom. The molecule has 3 rings (SSSR count). The summed E-state index contributed by atoms with van der Waals surface area (Å²) in [5.74, 6) is 2.49. The van der Waals surface area contributed by atoms with Gasteiger partial charge in [0.2, 0.25) is 5.91 Å². The van der Waals surface area contributed by atoms with Gasteiger partial charge in [-0.25, -0.2) is 4.98 Å². The summed E-state index contributed by atoms with van der Waals surface area (Å²) >= 11 is 1.63. The summed E-state index contributed by atoms with van der Waals surface area (Å²) in [5, 5.41) is 14.6. The Balaban J connectivity index is 1.58. The van der Waals surface area contributed by atoms with E-state index in [4.69, 9.17) is 0 Å². The second kappa shape index (κ2) is 6.78. The monoisotopic (exact) mass is 333 g/mol.